The molecule has 1 saturated carbocycles. The van der Waals surface area contributed by atoms with Gasteiger partial charge in [-0.1, -0.05) is 37.1 Å². The third kappa shape index (κ3) is 3.14. The Balaban J connectivity index is 2.28. The lowest BCUT2D eigenvalue weighted by molar-refractivity contribution is -0.148. The first-order chi connectivity index (χ1) is 10.4. The monoisotopic (exact) mass is 304 g/mol. The summed E-state index contributed by atoms with van der Waals surface area (Å²) in [6.07, 6.45) is 2.68. The number of hydrogen-bond acceptors (Lipinski definition) is 3. The van der Waals surface area contributed by atoms with Crippen LogP contribution < -0.4 is 5.32 Å². The van der Waals surface area contributed by atoms with E-state index in [1.54, 1.807) is 0 Å². The normalized spacial score (nSPS) is 18.2. The van der Waals surface area contributed by atoms with Crippen molar-refractivity contribution in [2.75, 3.05) is 14.1 Å². The van der Waals surface area contributed by atoms with Crippen LogP contribution in [0.4, 0.5) is 0 Å². The highest BCUT2D eigenvalue weighted by Crippen LogP contribution is 2.31. The van der Waals surface area contributed by atoms with Gasteiger partial charge in [0, 0.05) is 0 Å². The zero-order valence-electron chi connectivity index (χ0n) is 13.4. The van der Waals surface area contributed by atoms with Crippen molar-refractivity contribution in [2.24, 2.45) is 0 Å². The third-order valence-electron chi connectivity index (χ3n) is 4.48. The Morgan fingerprint density at radius 3 is 2.32 bits per heavy atom. The van der Waals surface area contributed by atoms with Gasteiger partial charge in [0.25, 0.3) is 0 Å². The van der Waals surface area contributed by atoms with E-state index in [4.69, 9.17) is 0 Å². The Bertz CT molecular complexity index is 563. The molecule has 22 heavy (non-hydrogen) atoms. The number of nitrogens with one attached hydrogen (secondary N) is 1. The number of likely N-dealkylation sites (N-methyl/N-ethyl adjacent to an activating group) is 1. The highest BCUT2D eigenvalue weighted by atomic mass is 16.4. The van der Waals surface area contributed by atoms with Gasteiger partial charge < -0.3 is 10.4 Å². The van der Waals surface area contributed by atoms with Crippen LogP contribution in [0.5, 0.6) is 0 Å². The molecule has 0 heterocycles. The summed E-state index contributed by atoms with van der Waals surface area (Å²) in [5.41, 5.74) is 0.823. The van der Waals surface area contributed by atoms with E-state index in [0.29, 0.717) is 12.8 Å². The van der Waals surface area contributed by atoms with Gasteiger partial charge in [0.05, 0.1) is 0 Å². The molecule has 1 aliphatic rings. The molecular formula is C17H24N2O3. The van der Waals surface area contributed by atoms with Crippen LogP contribution in [0.3, 0.4) is 0 Å². The highest BCUT2D eigenvalue weighted by molar-refractivity contribution is 5.90. The lowest BCUT2D eigenvalue weighted by Crippen LogP contribution is -2.55. The predicted molar refractivity (Wildman–Crippen MR) is 84.6 cm³/mol. The maximum atomic E-state index is 12.8. The molecule has 0 aromatic heterocycles. The van der Waals surface area contributed by atoms with E-state index in [1.807, 2.05) is 50.2 Å². The van der Waals surface area contributed by atoms with E-state index < -0.39 is 17.6 Å². The molecule has 1 atom stereocenters. The first kappa shape index (κ1) is 16.5. The summed E-state index contributed by atoms with van der Waals surface area (Å²) in [6, 6.07) is 7.22. The van der Waals surface area contributed by atoms with Gasteiger partial charge in [0.1, 0.15) is 11.6 Å². The third-order valence-corrected chi connectivity index (χ3v) is 4.48. The molecule has 0 bridgehead atoms. The summed E-state index contributed by atoms with van der Waals surface area (Å²) in [6.45, 7) is 1.96. The maximum Gasteiger partial charge on any atom is 0.329 e. The number of hydrogen-bond donors (Lipinski definition) is 2. The van der Waals surface area contributed by atoms with Gasteiger partial charge in [-0.25, -0.2) is 4.79 Å². The van der Waals surface area contributed by atoms with E-state index in [9.17, 15) is 14.7 Å². The van der Waals surface area contributed by atoms with E-state index in [0.717, 1.165) is 24.0 Å². The summed E-state index contributed by atoms with van der Waals surface area (Å²) in [5.74, 6) is -1.18. The van der Waals surface area contributed by atoms with Gasteiger partial charge in [-0.3, -0.25) is 9.69 Å². The Morgan fingerprint density at radius 1 is 1.23 bits per heavy atom. The van der Waals surface area contributed by atoms with Crippen molar-refractivity contribution in [2.45, 2.75) is 44.2 Å². The molecule has 1 amide bonds. The van der Waals surface area contributed by atoms with Crippen molar-refractivity contribution in [1.29, 1.82) is 0 Å². The lowest BCUT2D eigenvalue weighted by atomic mass is 9.94. The van der Waals surface area contributed by atoms with Crippen LogP contribution in [0.1, 0.15) is 42.9 Å². The summed E-state index contributed by atoms with van der Waals surface area (Å²) >= 11 is 0. The second kappa shape index (κ2) is 6.48. The van der Waals surface area contributed by atoms with Crippen LogP contribution in [0.2, 0.25) is 0 Å². The number of nitrogens with zero attached hydrogens (tertiary/aromatic N) is 1. The van der Waals surface area contributed by atoms with Crippen LogP contribution in [0, 0.1) is 6.92 Å². The number of carboxylic acid groups (broad SMARTS) is 1. The number of aliphatic carboxylic acids is 1. The molecule has 1 fully saturated rings. The number of benzene rings is 1. The molecule has 0 radical (unpaired) electrons. The maximum absolute atomic E-state index is 12.8. The molecule has 120 valence electrons. The number of aryl methyl sites for hydroxylation is 1. The van der Waals surface area contributed by atoms with Crippen LogP contribution in [-0.4, -0.2) is 41.5 Å². The molecule has 0 spiro atoms. The molecule has 0 unspecified atom stereocenters. The number of carboxylic acids is 1. The smallest absolute Gasteiger partial charge is 0.329 e. The Hall–Kier alpha value is -1.88. The quantitative estimate of drug-likeness (QED) is 0.874. The Morgan fingerprint density at radius 2 is 1.82 bits per heavy atom. The highest BCUT2D eigenvalue weighted by Gasteiger charge is 2.44. The van der Waals surface area contributed by atoms with Crippen molar-refractivity contribution < 1.29 is 14.7 Å². The number of amides is 1. The van der Waals surface area contributed by atoms with Crippen molar-refractivity contribution in [3.63, 3.8) is 0 Å². The molecule has 0 saturated heterocycles. The molecule has 5 heteroatoms. The molecular weight excluding hydrogens is 280 g/mol. The fourth-order valence-electron chi connectivity index (χ4n) is 3.22. The van der Waals surface area contributed by atoms with Gasteiger partial charge in [-0.15, -0.1) is 0 Å². The standard InChI is InChI=1S/C17H24N2O3/c1-12-8-4-5-9-13(12)14(19(2)3)15(20)18-17(16(21)22)10-6-7-11-17/h4-5,8-9,14H,6-7,10-11H2,1-3H3,(H,18,20)(H,21,22)/t14-/m1/s1. The number of rotatable bonds is 5. The largest absolute Gasteiger partial charge is 0.480 e. The van der Waals surface area contributed by atoms with Gasteiger partial charge in [0.2, 0.25) is 5.91 Å². The zero-order valence-corrected chi connectivity index (χ0v) is 13.4. The fourth-order valence-corrected chi connectivity index (χ4v) is 3.22. The van der Waals surface area contributed by atoms with Crippen LogP contribution in [-0.2, 0) is 9.59 Å². The predicted octanol–water partition coefficient (Wildman–Crippen LogP) is 2.11. The minimum absolute atomic E-state index is 0.247. The van der Waals surface area contributed by atoms with Crippen molar-refractivity contribution in [1.82, 2.24) is 10.2 Å². The average Bonchev–Trinajstić information content (AvgIpc) is 2.90. The SMILES string of the molecule is Cc1ccccc1[C@H](C(=O)NC1(C(=O)O)CCCC1)N(C)C. The van der Waals surface area contributed by atoms with Gasteiger partial charge in [-0.2, -0.15) is 0 Å². The lowest BCUT2D eigenvalue weighted by Gasteiger charge is -2.31. The van der Waals surface area contributed by atoms with E-state index in [1.165, 1.54) is 0 Å². The average molecular weight is 304 g/mol. The molecule has 0 aliphatic heterocycles. The molecule has 1 aromatic rings. The fraction of sp³-hybridized carbons (Fsp3) is 0.529. The van der Waals surface area contributed by atoms with Gasteiger partial charge in [-0.05, 0) is 45.0 Å². The van der Waals surface area contributed by atoms with E-state index in [2.05, 4.69) is 5.32 Å². The summed E-state index contributed by atoms with van der Waals surface area (Å²) in [4.78, 5) is 26.2. The molecule has 1 aliphatic carbocycles. The Labute approximate surface area is 131 Å². The summed E-state index contributed by atoms with van der Waals surface area (Å²) in [7, 11) is 3.66. The molecule has 2 rings (SSSR count). The minimum atomic E-state index is -1.10. The minimum Gasteiger partial charge on any atom is -0.480 e. The van der Waals surface area contributed by atoms with Gasteiger partial charge in [0.15, 0.2) is 0 Å². The van der Waals surface area contributed by atoms with Crippen molar-refractivity contribution in [3.8, 4) is 0 Å². The zero-order chi connectivity index (χ0) is 16.3. The Kier molecular flexibility index (Phi) is 4.86. The van der Waals surface area contributed by atoms with Gasteiger partial charge >= 0.3 is 5.97 Å². The summed E-state index contributed by atoms with van der Waals surface area (Å²) < 4.78 is 0. The topological polar surface area (TPSA) is 69.6 Å². The van der Waals surface area contributed by atoms with E-state index >= 15 is 0 Å². The first-order valence-corrected chi connectivity index (χ1v) is 7.65. The van der Waals surface area contributed by atoms with E-state index in [-0.39, 0.29) is 5.91 Å². The van der Waals surface area contributed by atoms with Crippen molar-refractivity contribution in [3.05, 3.63) is 35.4 Å². The first-order valence-electron chi connectivity index (χ1n) is 7.65. The second-order valence-corrected chi connectivity index (χ2v) is 6.31. The summed E-state index contributed by atoms with van der Waals surface area (Å²) in [5, 5.41) is 12.3. The number of carbonyl (C=O) groups is 2. The van der Waals surface area contributed by atoms with Crippen LogP contribution in [0.25, 0.3) is 0 Å². The second-order valence-electron chi connectivity index (χ2n) is 6.31. The number of carbonyl (C=O) groups excluding carboxylic acids is 1. The van der Waals surface area contributed by atoms with Crippen LogP contribution in [0.15, 0.2) is 24.3 Å². The molecule has 5 nitrogen and oxygen atoms in total. The van der Waals surface area contributed by atoms with Crippen LogP contribution >= 0.6 is 0 Å². The molecule has 2 N–H and O–H groups in total. The van der Waals surface area contributed by atoms with Crippen molar-refractivity contribution >= 4 is 11.9 Å². The molecule has 1 aromatic carbocycles.